The van der Waals surface area contributed by atoms with Crippen molar-refractivity contribution in [3.63, 3.8) is 0 Å². The van der Waals surface area contributed by atoms with E-state index in [0.717, 1.165) is 32.0 Å². The van der Waals surface area contributed by atoms with E-state index in [1.54, 1.807) is 0 Å². The number of carbonyl (C=O) groups is 1. The molecule has 0 spiro atoms. The molecule has 0 aromatic carbocycles. The SMILES string of the molecule is CC1(C)CCN(C(=O)CNCC2CC2)C1. The first kappa shape index (κ1) is 10.9. The molecule has 15 heavy (non-hydrogen) atoms. The first-order valence-electron chi connectivity index (χ1n) is 6.05. The molecule has 3 heteroatoms. The van der Waals surface area contributed by atoms with E-state index in [-0.39, 0.29) is 5.91 Å². The Morgan fingerprint density at radius 3 is 2.73 bits per heavy atom. The second-order valence-corrected chi connectivity index (χ2v) is 5.80. The van der Waals surface area contributed by atoms with Crippen LogP contribution in [0.3, 0.4) is 0 Å². The Kier molecular flexibility index (Phi) is 3.01. The molecule has 2 fully saturated rings. The molecule has 1 aliphatic heterocycles. The fourth-order valence-electron chi connectivity index (χ4n) is 2.14. The molecule has 1 N–H and O–H groups in total. The highest BCUT2D eigenvalue weighted by molar-refractivity contribution is 5.78. The summed E-state index contributed by atoms with van der Waals surface area (Å²) in [6.07, 6.45) is 3.83. The summed E-state index contributed by atoms with van der Waals surface area (Å²) < 4.78 is 0. The van der Waals surface area contributed by atoms with E-state index in [0.29, 0.717) is 12.0 Å². The highest BCUT2D eigenvalue weighted by atomic mass is 16.2. The summed E-state index contributed by atoms with van der Waals surface area (Å²) in [5.74, 6) is 1.13. The summed E-state index contributed by atoms with van der Waals surface area (Å²) >= 11 is 0. The van der Waals surface area contributed by atoms with E-state index in [1.807, 2.05) is 4.90 Å². The molecule has 0 aromatic heterocycles. The van der Waals surface area contributed by atoms with Gasteiger partial charge in [0.05, 0.1) is 6.54 Å². The zero-order chi connectivity index (χ0) is 10.9. The van der Waals surface area contributed by atoms with Gasteiger partial charge < -0.3 is 10.2 Å². The van der Waals surface area contributed by atoms with Crippen LogP contribution in [-0.4, -0.2) is 37.0 Å². The van der Waals surface area contributed by atoms with Gasteiger partial charge in [0.2, 0.25) is 5.91 Å². The van der Waals surface area contributed by atoms with E-state index >= 15 is 0 Å². The van der Waals surface area contributed by atoms with Crippen LogP contribution >= 0.6 is 0 Å². The van der Waals surface area contributed by atoms with Gasteiger partial charge in [0.15, 0.2) is 0 Å². The number of amides is 1. The van der Waals surface area contributed by atoms with Crippen molar-refractivity contribution in [3.05, 3.63) is 0 Å². The topological polar surface area (TPSA) is 32.3 Å². The zero-order valence-electron chi connectivity index (χ0n) is 9.88. The van der Waals surface area contributed by atoms with Crippen LogP contribution < -0.4 is 5.32 Å². The van der Waals surface area contributed by atoms with Gasteiger partial charge in [-0.2, -0.15) is 0 Å². The molecular formula is C12H22N2O. The maximum atomic E-state index is 11.8. The minimum atomic E-state index is 0.279. The average molecular weight is 210 g/mol. The summed E-state index contributed by atoms with van der Waals surface area (Å²) in [5, 5.41) is 3.26. The minimum Gasteiger partial charge on any atom is -0.341 e. The van der Waals surface area contributed by atoms with Gasteiger partial charge in [0, 0.05) is 13.1 Å². The number of nitrogens with one attached hydrogen (secondary N) is 1. The van der Waals surface area contributed by atoms with Crippen molar-refractivity contribution < 1.29 is 4.79 Å². The maximum Gasteiger partial charge on any atom is 0.236 e. The third-order valence-electron chi connectivity index (χ3n) is 3.44. The van der Waals surface area contributed by atoms with E-state index in [1.165, 1.54) is 12.8 Å². The van der Waals surface area contributed by atoms with Gasteiger partial charge in [-0.25, -0.2) is 0 Å². The zero-order valence-corrected chi connectivity index (χ0v) is 9.88. The lowest BCUT2D eigenvalue weighted by Gasteiger charge is -2.20. The van der Waals surface area contributed by atoms with E-state index in [4.69, 9.17) is 0 Å². The average Bonchev–Trinajstić information content (AvgIpc) is 2.90. The largest absolute Gasteiger partial charge is 0.341 e. The minimum absolute atomic E-state index is 0.279. The van der Waals surface area contributed by atoms with Crippen LogP contribution in [0.4, 0.5) is 0 Å². The monoisotopic (exact) mass is 210 g/mol. The van der Waals surface area contributed by atoms with Crippen LogP contribution in [0.15, 0.2) is 0 Å². The Hall–Kier alpha value is -0.570. The Labute approximate surface area is 92.2 Å². The smallest absolute Gasteiger partial charge is 0.236 e. The molecule has 86 valence electrons. The highest BCUT2D eigenvalue weighted by Crippen LogP contribution is 2.29. The number of hydrogen-bond acceptors (Lipinski definition) is 2. The molecule has 0 radical (unpaired) electrons. The van der Waals surface area contributed by atoms with Crippen LogP contribution in [0.5, 0.6) is 0 Å². The molecule has 1 aliphatic carbocycles. The van der Waals surface area contributed by atoms with Gasteiger partial charge in [0.1, 0.15) is 0 Å². The summed E-state index contributed by atoms with van der Waals surface area (Å²) in [6.45, 7) is 7.90. The second-order valence-electron chi connectivity index (χ2n) is 5.80. The van der Waals surface area contributed by atoms with Crippen LogP contribution in [-0.2, 0) is 4.79 Å². The van der Waals surface area contributed by atoms with Crippen LogP contribution in [0.2, 0.25) is 0 Å². The normalized spacial score (nSPS) is 24.5. The third-order valence-corrected chi connectivity index (χ3v) is 3.44. The Balaban J connectivity index is 1.66. The predicted octanol–water partition coefficient (Wildman–Crippen LogP) is 1.24. The lowest BCUT2D eigenvalue weighted by molar-refractivity contribution is -0.129. The molecule has 3 nitrogen and oxygen atoms in total. The standard InChI is InChI=1S/C12H22N2O/c1-12(2)5-6-14(9-12)11(15)8-13-7-10-3-4-10/h10,13H,3-9H2,1-2H3. The molecule has 0 unspecified atom stereocenters. The summed E-state index contributed by atoms with van der Waals surface area (Å²) in [4.78, 5) is 13.8. The molecule has 1 saturated carbocycles. The number of rotatable bonds is 4. The van der Waals surface area contributed by atoms with Crippen molar-refractivity contribution in [2.75, 3.05) is 26.2 Å². The quantitative estimate of drug-likeness (QED) is 0.757. The van der Waals surface area contributed by atoms with E-state index < -0.39 is 0 Å². The molecule has 0 aromatic rings. The Morgan fingerprint density at radius 1 is 1.47 bits per heavy atom. The van der Waals surface area contributed by atoms with Gasteiger partial charge in [0.25, 0.3) is 0 Å². The first-order valence-corrected chi connectivity index (χ1v) is 6.05. The van der Waals surface area contributed by atoms with Crippen molar-refractivity contribution in [1.29, 1.82) is 0 Å². The number of nitrogens with zero attached hydrogens (tertiary/aromatic N) is 1. The summed E-state index contributed by atoms with van der Waals surface area (Å²) in [6, 6.07) is 0. The molecule has 2 rings (SSSR count). The molecular weight excluding hydrogens is 188 g/mol. The number of carbonyl (C=O) groups excluding carboxylic acids is 1. The number of hydrogen-bond donors (Lipinski definition) is 1. The van der Waals surface area contributed by atoms with E-state index in [2.05, 4.69) is 19.2 Å². The highest BCUT2D eigenvalue weighted by Gasteiger charge is 2.31. The summed E-state index contributed by atoms with van der Waals surface area (Å²) in [5.41, 5.74) is 0.326. The molecule has 2 aliphatic rings. The van der Waals surface area contributed by atoms with Crippen molar-refractivity contribution >= 4 is 5.91 Å². The van der Waals surface area contributed by atoms with Crippen LogP contribution in [0.1, 0.15) is 33.1 Å². The fourth-order valence-corrected chi connectivity index (χ4v) is 2.14. The third kappa shape index (κ3) is 3.20. The lowest BCUT2D eigenvalue weighted by atomic mass is 9.93. The maximum absolute atomic E-state index is 11.8. The van der Waals surface area contributed by atoms with E-state index in [9.17, 15) is 4.79 Å². The Morgan fingerprint density at radius 2 is 2.20 bits per heavy atom. The molecule has 0 bridgehead atoms. The van der Waals surface area contributed by atoms with Gasteiger partial charge in [-0.3, -0.25) is 4.79 Å². The predicted molar refractivity (Wildman–Crippen MR) is 60.6 cm³/mol. The van der Waals surface area contributed by atoms with Crippen molar-refractivity contribution in [1.82, 2.24) is 10.2 Å². The van der Waals surface area contributed by atoms with Crippen LogP contribution in [0, 0.1) is 11.3 Å². The number of likely N-dealkylation sites (tertiary alicyclic amines) is 1. The van der Waals surface area contributed by atoms with Crippen LogP contribution in [0.25, 0.3) is 0 Å². The molecule has 0 atom stereocenters. The Bertz CT molecular complexity index is 246. The molecule has 1 amide bonds. The van der Waals surface area contributed by atoms with Gasteiger partial charge >= 0.3 is 0 Å². The molecule has 1 saturated heterocycles. The van der Waals surface area contributed by atoms with Gasteiger partial charge in [-0.15, -0.1) is 0 Å². The van der Waals surface area contributed by atoms with Gasteiger partial charge in [-0.05, 0) is 37.1 Å². The van der Waals surface area contributed by atoms with Gasteiger partial charge in [-0.1, -0.05) is 13.8 Å². The first-order chi connectivity index (χ1) is 7.07. The van der Waals surface area contributed by atoms with Crippen molar-refractivity contribution in [3.8, 4) is 0 Å². The lowest BCUT2D eigenvalue weighted by Crippen LogP contribution is -2.38. The second kappa shape index (κ2) is 4.12. The summed E-state index contributed by atoms with van der Waals surface area (Å²) in [7, 11) is 0. The fraction of sp³-hybridized carbons (Fsp3) is 0.917. The molecule has 1 heterocycles. The van der Waals surface area contributed by atoms with Crippen molar-refractivity contribution in [2.24, 2.45) is 11.3 Å². The van der Waals surface area contributed by atoms with Crippen molar-refractivity contribution in [2.45, 2.75) is 33.1 Å².